The minimum atomic E-state index is -0.855. The van der Waals surface area contributed by atoms with E-state index in [1.807, 2.05) is 0 Å². The number of carboxylic acids is 1. The summed E-state index contributed by atoms with van der Waals surface area (Å²) >= 11 is 0. The number of carboxylic acid groups (broad SMARTS) is 1. The van der Waals surface area contributed by atoms with Crippen LogP contribution >= 0.6 is 0 Å². The largest absolute Gasteiger partial charge is 0.478 e. The molecule has 1 aromatic carbocycles. The van der Waals surface area contributed by atoms with Crippen molar-refractivity contribution in [2.45, 2.75) is 76.0 Å². The zero-order valence-electron chi connectivity index (χ0n) is 21.7. The van der Waals surface area contributed by atoms with Crippen LogP contribution in [0.5, 0.6) is 0 Å². The maximum Gasteiger partial charge on any atom is 0.337 e. The van der Waals surface area contributed by atoms with Gasteiger partial charge in [-0.3, -0.25) is 0 Å². The summed E-state index contributed by atoms with van der Waals surface area (Å²) in [7, 11) is 4.31. The molecule has 6 rings (SSSR count). The number of para-hydroxylation sites is 1. The van der Waals surface area contributed by atoms with Gasteiger partial charge in [0.25, 0.3) is 0 Å². The van der Waals surface area contributed by atoms with Gasteiger partial charge in [-0.2, -0.15) is 0 Å². The lowest BCUT2D eigenvalue weighted by molar-refractivity contribution is 0.0696. The molecule has 1 aliphatic heterocycles. The molecule has 0 spiro atoms. The summed E-state index contributed by atoms with van der Waals surface area (Å²) in [6, 6.07) is 9.26. The van der Waals surface area contributed by atoms with Crippen LogP contribution in [0, 0.1) is 5.92 Å². The number of H-pyrrole nitrogens is 1. The van der Waals surface area contributed by atoms with E-state index in [0.717, 1.165) is 23.5 Å². The van der Waals surface area contributed by atoms with Gasteiger partial charge < -0.3 is 19.6 Å². The van der Waals surface area contributed by atoms with Gasteiger partial charge in [0.05, 0.1) is 11.1 Å². The van der Waals surface area contributed by atoms with Crippen molar-refractivity contribution in [2.75, 3.05) is 20.6 Å². The summed E-state index contributed by atoms with van der Waals surface area (Å²) < 4.78 is 2.42. The summed E-state index contributed by atoms with van der Waals surface area (Å²) in [5, 5.41) is 13.3. The highest BCUT2D eigenvalue weighted by Crippen LogP contribution is 2.47. The third-order valence-electron chi connectivity index (χ3n) is 9.06. The molecule has 2 aromatic heterocycles. The number of benzene rings is 1. The van der Waals surface area contributed by atoms with Gasteiger partial charge in [0, 0.05) is 40.0 Å². The quantitative estimate of drug-likeness (QED) is 0.492. The number of aromatic nitrogens is 2. The molecule has 0 amide bonds. The lowest BCUT2D eigenvalue weighted by Crippen LogP contribution is -2.32. The molecule has 2 atom stereocenters. The van der Waals surface area contributed by atoms with E-state index < -0.39 is 5.97 Å². The SMILES string of the molecule is CN(C)CCCC1CCCC2=c3[nH]cc(C(=O)O)c3=Cn3c(cc4cccc(C5CCCCC5)c43)[C@@H]21. The Balaban J connectivity index is 1.59. The van der Waals surface area contributed by atoms with Crippen LogP contribution < -0.4 is 10.6 Å². The lowest BCUT2D eigenvalue weighted by Gasteiger charge is -2.34. The standard InChI is InChI=1S/C31H39N3O2/c1-33(2)16-8-13-21-11-6-15-24-28(21)27-17-22-12-7-14-23(20-9-4-3-5-10-20)30(22)34(27)19-26-25(31(35)36)18-32-29(24)26/h7,12,14,17-21,28,32H,3-6,8-11,13,15-16H2,1-2H3,(H,35,36)/t21?,28-/m1/s1. The van der Waals surface area contributed by atoms with E-state index in [1.54, 1.807) is 6.20 Å². The van der Waals surface area contributed by atoms with Crippen molar-refractivity contribution in [3.05, 3.63) is 57.9 Å². The highest BCUT2D eigenvalue weighted by Gasteiger charge is 2.35. The molecule has 3 aliphatic rings. The van der Waals surface area contributed by atoms with Gasteiger partial charge in [-0.1, -0.05) is 37.5 Å². The summed E-state index contributed by atoms with van der Waals surface area (Å²) in [6.07, 6.45) is 16.2. The monoisotopic (exact) mass is 485 g/mol. The Morgan fingerprint density at radius 3 is 2.75 bits per heavy atom. The van der Waals surface area contributed by atoms with Crippen molar-refractivity contribution in [3.63, 3.8) is 0 Å². The van der Waals surface area contributed by atoms with Gasteiger partial charge in [0.1, 0.15) is 0 Å². The van der Waals surface area contributed by atoms with Gasteiger partial charge in [-0.05, 0) is 94.6 Å². The van der Waals surface area contributed by atoms with E-state index >= 15 is 0 Å². The number of aromatic carboxylic acids is 1. The first-order valence-electron chi connectivity index (χ1n) is 14.0. The molecule has 5 heteroatoms. The smallest absolute Gasteiger partial charge is 0.337 e. The summed E-state index contributed by atoms with van der Waals surface area (Å²) in [5.74, 6) is 0.635. The minimum absolute atomic E-state index is 0.324. The minimum Gasteiger partial charge on any atom is -0.478 e. The number of fused-ring (bicyclic) bond motifs is 6. The van der Waals surface area contributed by atoms with Crippen molar-refractivity contribution in [1.29, 1.82) is 0 Å². The highest BCUT2D eigenvalue weighted by atomic mass is 16.4. The molecule has 5 nitrogen and oxygen atoms in total. The third-order valence-corrected chi connectivity index (χ3v) is 9.06. The fourth-order valence-corrected chi connectivity index (χ4v) is 7.44. The first-order valence-corrected chi connectivity index (χ1v) is 14.0. The Morgan fingerprint density at radius 2 is 1.97 bits per heavy atom. The molecule has 190 valence electrons. The molecule has 2 N–H and O–H groups in total. The second kappa shape index (κ2) is 9.59. The molecular formula is C31H39N3O2. The fourth-order valence-electron chi connectivity index (χ4n) is 7.44. The van der Waals surface area contributed by atoms with E-state index in [2.05, 4.69) is 59.0 Å². The van der Waals surface area contributed by atoms with Gasteiger partial charge >= 0.3 is 5.97 Å². The number of carbonyl (C=O) groups is 1. The molecule has 3 heterocycles. The zero-order chi connectivity index (χ0) is 24.8. The van der Waals surface area contributed by atoms with Crippen molar-refractivity contribution >= 4 is 28.6 Å². The molecule has 2 fully saturated rings. The third kappa shape index (κ3) is 4.02. The van der Waals surface area contributed by atoms with Gasteiger partial charge in [-0.25, -0.2) is 4.79 Å². The van der Waals surface area contributed by atoms with Crippen LogP contribution in [0.4, 0.5) is 0 Å². The number of nitrogens with one attached hydrogen (secondary N) is 1. The molecule has 0 bridgehead atoms. The first-order chi connectivity index (χ1) is 17.5. The van der Waals surface area contributed by atoms with Crippen LogP contribution in [0.2, 0.25) is 0 Å². The Hall–Kier alpha value is -2.79. The van der Waals surface area contributed by atoms with Crippen LogP contribution in [0.25, 0.3) is 22.7 Å². The first kappa shape index (κ1) is 23.6. The number of hydrogen-bond acceptors (Lipinski definition) is 2. The molecule has 2 saturated carbocycles. The van der Waals surface area contributed by atoms with Crippen molar-refractivity contribution < 1.29 is 9.90 Å². The second-order valence-corrected chi connectivity index (χ2v) is 11.6. The van der Waals surface area contributed by atoms with Crippen molar-refractivity contribution in [3.8, 4) is 0 Å². The number of hydrogen-bond donors (Lipinski definition) is 2. The van der Waals surface area contributed by atoms with Crippen LogP contribution in [0.1, 0.15) is 97.7 Å². The summed E-state index contributed by atoms with van der Waals surface area (Å²) in [6.45, 7) is 1.11. The Bertz CT molecular complexity index is 1400. The average molecular weight is 486 g/mol. The lowest BCUT2D eigenvalue weighted by atomic mass is 9.72. The predicted octanol–water partition coefficient (Wildman–Crippen LogP) is 5.39. The normalized spacial score (nSPS) is 22.1. The summed E-state index contributed by atoms with van der Waals surface area (Å²) in [4.78, 5) is 17.9. The number of rotatable bonds is 6. The van der Waals surface area contributed by atoms with Crippen molar-refractivity contribution in [1.82, 2.24) is 14.5 Å². The molecule has 0 radical (unpaired) electrons. The number of aromatic amines is 1. The maximum absolute atomic E-state index is 12.2. The Labute approximate surface area is 213 Å². The number of nitrogens with zero attached hydrogens (tertiary/aromatic N) is 2. The molecule has 3 aromatic rings. The van der Waals surface area contributed by atoms with Gasteiger partial charge in [0.15, 0.2) is 0 Å². The van der Waals surface area contributed by atoms with Gasteiger partial charge in [0.2, 0.25) is 0 Å². The molecule has 2 aliphatic carbocycles. The maximum atomic E-state index is 12.2. The van der Waals surface area contributed by atoms with Crippen LogP contribution in [-0.4, -0.2) is 46.2 Å². The Kier molecular flexibility index (Phi) is 6.28. The summed E-state index contributed by atoms with van der Waals surface area (Å²) in [5.41, 5.74) is 5.92. The van der Waals surface area contributed by atoms with Crippen LogP contribution in [0.3, 0.4) is 0 Å². The van der Waals surface area contributed by atoms with E-state index in [-0.39, 0.29) is 0 Å². The Morgan fingerprint density at radius 1 is 1.14 bits per heavy atom. The van der Waals surface area contributed by atoms with E-state index in [9.17, 15) is 9.90 Å². The predicted molar refractivity (Wildman–Crippen MR) is 146 cm³/mol. The second-order valence-electron chi connectivity index (χ2n) is 11.6. The molecule has 1 unspecified atom stereocenters. The van der Waals surface area contributed by atoms with Crippen molar-refractivity contribution in [2.24, 2.45) is 5.92 Å². The topological polar surface area (TPSA) is 61.3 Å². The average Bonchev–Trinajstić information content (AvgIpc) is 3.43. The molecule has 36 heavy (non-hydrogen) atoms. The van der Waals surface area contributed by atoms with E-state index in [4.69, 9.17) is 0 Å². The fraction of sp³-hybridized carbons (Fsp3) is 0.516. The van der Waals surface area contributed by atoms with Gasteiger partial charge in [-0.15, -0.1) is 0 Å². The molecular weight excluding hydrogens is 446 g/mol. The zero-order valence-corrected chi connectivity index (χ0v) is 21.7. The highest BCUT2D eigenvalue weighted by molar-refractivity contribution is 5.91. The van der Waals surface area contributed by atoms with E-state index in [1.165, 1.54) is 85.5 Å². The van der Waals surface area contributed by atoms with E-state index in [0.29, 0.717) is 23.3 Å². The van der Waals surface area contributed by atoms with Crippen LogP contribution in [-0.2, 0) is 0 Å². The van der Waals surface area contributed by atoms with Crippen LogP contribution in [0.15, 0.2) is 30.5 Å². The molecule has 0 saturated heterocycles.